The van der Waals surface area contributed by atoms with Gasteiger partial charge in [0.2, 0.25) is 0 Å². The molecule has 0 unspecified atom stereocenters. The van der Waals surface area contributed by atoms with E-state index in [2.05, 4.69) is 11.8 Å². The van der Waals surface area contributed by atoms with E-state index in [1.807, 2.05) is 24.3 Å². The quantitative estimate of drug-likeness (QED) is 0.731. The maximum Gasteiger partial charge on any atom is 0.0911 e. The van der Waals surface area contributed by atoms with Gasteiger partial charge in [0, 0.05) is 13.1 Å². The summed E-state index contributed by atoms with van der Waals surface area (Å²) in [5, 5.41) is 0. The highest BCUT2D eigenvalue weighted by molar-refractivity contribution is 5.67. The Morgan fingerprint density at radius 1 is 1.27 bits per heavy atom. The molecule has 15 heavy (non-hydrogen) atoms. The van der Waals surface area contributed by atoms with Gasteiger partial charge in [0.1, 0.15) is 0 Å². The third-order valence-corrected chi connectivity index (χ3v) is 2.33. The molecule has 0 bridgehead atoms. The third-order valence-electron chi connectivity index (χ3n) is 2.33. The van der Waals surface area contributed by atoms with E-state index in [1.165, 1.54) is 0 Å². The Kier molecular flexibility index (Phi) is 4.95. The van der Waals surface area contributed by atoms with Crippen molar-refractivity contribution in [3.8, 4) is 0 Å². The summed E-state index contributed by atoms with van der Waals surface area (Å²) < 4.78 is 12.2. The van der Waals surface area contributed by atoms with Crippen LogP contribution in [0.3, 0.4) is 0 Å². The lowest BCUT2D eigenvalue weighted by Gasteiger charge is -2.25. The molecule has 2 nitrogen and oxygen atoms in total. The normalized spacial score (nSPS) is 10.3. The maximum atomic E-state index is 12.2. The van der Waals surface area contributed by atoms with Crippen molar-refractivity contribution in [2.24, 2.45) is 0 Å². The molecule has 0 amide bonds. The van der Waals surface area contributed by atoms with E-state index in [0.29, 0.717) is 6.42 Å². The van der Waals surface area contributed by atoms with Crippen LogP contribution in [0.1, 0.15) is 19.8 Å². The Labute approximate surface area is 90.9 Å². The number of rotatable bonds is 6. The van der Waals surface area contributed by atoms with Crippen LogP contribution in [0.5, 0.6) is 0 Å². The first-order chi connectivity index (χ1) is 7.29. The van der Waals surface area contributed by atoms with Crippen molar-refractivity contribution in [1.82, 2.24) is 0 Å². The minimum Gasteiger partial charge on any atom is -0.397 e. The molecule has 0 saturated carbocycles. The van der Waals surface area contributed by atoms with Crippen LogP contribution in [0.4, 0.5) is 15.8 Å². The Morgan fingerprint density at radius 3 is 2.60 bits per heavy atom. The zero-order chi connectivity index (χ0) is 11.1. The number of anilines is 2. The Balaban J connectivity index is 2.74. The number of benzene rings is 1. The molecule has 1 rings (SSSR count). The van der Waals surface area contributed by atoms with Crippen molar-refractivity contribution >= 4 is 11.4 Å². The van der Waals surface area contributed by atoms with Gasteiger partial charge in [-0.05, 0) is 25.0 Å². The number of nitrogen functional groups attached to an aromatic ring is 1. The number of nitrogens with zero attached hydrogens (tertiary/aromatic N) is 1. The Bertz CT molecular complexity index is 289. The molecule has 0 radical (unpaired) electrons. The maximum absolute atomic E-state index is 12.2. The van der Waals surface area contributed by atoms with Gasteiger partial charge < -0.3 is 10.6 Å². The molecule has 84 valence electrons. The van der Waals surface area contributed by atoms with Crippen LogP contribution in [0.25, 0.3) is 0 Å². The van der Waals surface area contributed by atoms with Crippen molar-refractivity contribution in [2.75, 3.05) is 30.4 Å². The van der Waals surface area contributed by atoms with E-state index in [0.717, 1.165) is 30.9 Å². The van der Waals surface area contributed by atoms with Gasteiger partial charge in [-0.25, -0.2) is 0 Å². The van der Waals surface area contributed by atoms with Crippen molar-refractivity contribution in [3.63, 3.8) is 0 Å². The van der Waals surface area contributed by atoms with Crippen LogP contribution in [0, 0.1) is 0 Å². The number of hydrogen-bond acceptors (Lipinski definition) is 2. The predicted octanol–water partition coefficient (Wildman–Crippen LogP) is 2.84. The zero-order valence-electron chi connectivity index (χ0n) is 9.25. The summed E-state index contributed by atoms with van der Waals surface area (Å²) >= 11 is 0. The molecule has 2 N–H and O–H groups in total. The molecule has 0 fully saturated rings. The first-order valence-corrected chi connectivity index (χ1v) is 5.45. The number of hydrogen-bond donors (Lipinski definition) is 1. The largest absolute Gasteiger partial charge is 0.397 e. The fourth-order valence-corrected chi connectivity index (χ4v) is 1.65. The predicted molar refractivity (Wildman–Crippen MR) is 64.0 cm³/mol. The van der Waals surface area contributed by atoms with Gasteiger partial charge >= 0.3 is 0 Å². The number of para-hydroxylation sites is 2. The van der Waals surface area contributed by atoms with E-state index >= 15 is 0 Å². The molecule has 0 aliphatic rings. The minimum atomic E-state index is -0.271. The third kappa shape index (κ3) is 3.42. The average Bonchev–Trinajstić information content (AvgIpc) is 2.25. The minimum absolute atomic E-state index is 0.271. The van der Waals surface area contributed by atoms with Crippen molar-refractivity contribution < 1.29 is 4.39 Å². The highest BCUT2D eigenvalue weighted by Gasteiger charge is 2.07. The fraction of sp³-hybridized carbons (Fsp3) is 0.500. The fourth-order valence-electron chi connectivity index (χ4n) is 1.65. The summed E-state index contributed by atoms with van der Waals surface area (Å²) in [7, 11) is 0. The van der Waals surface area contributed by atoms with Gasteiger partial charge in [0.25, 0.3) is 0 Å². The van der Waals surface area contributed by atoms with Crippen LogP contribution in [0.15, 0.2) is 24.3 Å². The second-order valence-electron chi connectivity index (χ2n) is 3.59. The number of nitrogens with two attached hydrogens (primary N) is 1. The highest BCUT2D eigenvalue weighted by Crippen LogP contribution is 2.22. The van der Waals surface area contributed by atoms with Crippen molar-refractivity contribution in [3.05, 3.63) is 24.3 Å². The van der Waals surface area contributed by atoms with E-state index in [1.54, 1.807) is 0 Å². The van der Waals surface area contributed by atoms with Crippen molar-refractivity contribution in [2.45, 2.75) is 19.8 Å². The molecule has 3 heteroatoms. The van der Waals surface area contributed by atoms with Crippen LogP contribution >= 0.6 is 0 Å². The van der Waals surface area contributed by atoms with Crippen LogP contribution in [-0.2, 0) is 0 Å². The summed E-state index contributed by atoms with van der Waals surface area (Å²) in [5.41, 5.74) is 7.68. The van der Waals surface area contributed by atoms with Gasteiger partial charge in [-0.3, -0.25) is 4.39 Å². The Hall–Kier alpha value is -1.25. The van der Waals surface area contributed by atoms with Crippen LogP contribution < -0.4 is 10.6 Å². The summed E-state index contributed by atoms with van der Waals surface area (Å²) in [6.45, 7) is 3.50. The molecule has 0 spiro atoms. The molecule has 1 aromatic rings. The lowest BCUT2D eigenvalue weighted by Crippen LogP contribution is -2.26. The van der Waals surface area contributed by atoms with Gasteiger partial charge in [0.05, 0.1) is 18.0 Å². The summed E-state index contributed by atoms with van der Waals surface area (Å²) in [5.74, 6) is 0. The monoisotopic (exact) mass is 210 g/mol. The molecule has 0 aliphatic carbocycles. The molecule has 0 atom stereocenters. The second kappa shape index (κ2) is 6.27. The topological polar surface area (TPSA) is 29.3 Å². The zero-order valence-corrected chi connectivity index (χ0v) is 9.25. The number of alkyl halides is 1. The van der Waals surface area contributed by atoms with Crippen molar-refractivity contribution in [1.29, 1.82) is 0 Å². The van der Waals surface area contributed by atoms with E-state index in [9.17, 15) is 4.39 Å². The van der Waals surface area contributed by atoms with Gasteiger partial charge in [0.15, 0.2) is 0 Å². The molecule has 0 aliphatic heterocycles. The van der Waals surface area contributed by atoms with Gasteiger partial charge in [-0.15, -0.1) is 0 Å². The standard InChI is InChI=1S/C12H19FN2/c1-2-9-15(10-5-8-13)12-7-4-3-6-11(12)14/h3-4,6-7H,2,5,8-10,14H2,1H3. The lowest BCUT2D eigenvalue weighted by molar-refractivity contribution is 0.471. The van der Waals surface area contributed by atoms with Gasteiger partial charge in [-0.2, -0.15) is 0 Å². The summed E-state index contributed by atoms with van der Waals surface area (Å²) in [6.07, 6.45) is 1.61. The second-order valence-corrected chi connectivity index (χ2v) is 3.59. The molecule has 0 heterocycles. The summed E-state index contributed by atoms with van der Waals surface area (Å²) in [6, 6.07) is 7.75. The Morgan fingerprint density at radius 2 is 2.00 bits per heavy atom. The van der Waals surface area contributed by atoms with Gasteiger partial charge in [-0.1, -0.05) is 19.1 Å². The first-order valence-electron chi connectivity index (χ1n) is 5.45. The van der Waals surface area contributed by atoms with E-state index in [4.69, 9.17) is 5.73 Å². The molecule has 0 saturated heterocycles. The summed E-state index contributed by atoms with van der Waals surface area (Å²) in [4.78, 5) is 2.15. The highest BCUT2D eigenvalue weighted by atomic mass is 19.1. The van der Waals surface area contributed by atoms with E-state index < -0.39 is 0 Å². The lowest BCUT2D eigenvalue weighted by atomic mass is 10.2. The van der Waals surface area contributed by atoms with E-state index in [-0.39, 0.29) is 6.67 Å². The molecular weight excluding hydrogens is 191 g/mol. The first kappa shape index (κ1) is 11.8. The molecular formula is C12H19FN2. The smallest absolute Gasteiger partial charge is 0.0911 e. The SMILES string of the molecule is CCCN(CCCF)c1ccccc1N. The van der Waals surface area contributed by atoms with Crippen LogP contribution in [0.2, 0.25) is 0 Å². The number of halogens is 1. The van der Waals surface area contributed by atoms with Crippen LogP contribution in [-0.4, -0.2) is 19.8 Å². The molecule has 0 aromatic heterocycles. The molecule has 1 aromatic carbocycles. The average molecular weight is 210 g/mol.